The summed E-state index contributed by atoms with van der Waals surface area (Å²) in [6.45, 7) is 1.83. The van der Waals surface area contributed by atoms with Gasteiger partial charge >= 0.3 is 6.18 Å². The fourth-order valence-electron chi connectivity index (χ4n) is 3.58. The van der Waals surface area contributed by atoms with E-state index in [2.05, 4.69) is 15.3 Å². The molecule has 4 rings (SSSR count). The second-order valence-corrected chi connectivity index (χ2v) is 7.06. The Kier molecular flexibility index (Phi) is 5.11. The third-order valence-corrected chi connectivity index (χ3v) is 5.12. The molecular formula is C23H18F3N3O. The maximum absolute atomic E-state index is 12.9. The molecule has 2 heterocycles. The maximum Gasteiger partial charge on any atom is 0.411 e. The number of nitrogens with one attached hydrogen (secondary N) is 1. The van der Waals surface area contributed by atoms with Crippen molar-refractivity contribution < 1.29 is 18.0 Å². The lowest BCUT2D eigenvalue weighted by Gasteiger charge is -2.21. The summed E-state index contributed by atoms with van der Waals surface area (Å²) in [5.74, 6) is -0.449. The van der Waals surface area contributed by atoms with E-state index in [0.717, 1.165) is 33.8 Å². The van der Waals surface area contributed by atoms with Crippen molar-refractivity contribution in [3.8, 4) is 11.1 Å². The van der Waals surface area contributed by atoms with Crippen molar-refractivity contribution in [1.29, 1.82) is 0 Å². The van der Waals surface area contributed by atoms with E-state index in [1.165, 1.54) is 6.08 Å². The molecule has 0 spiro atoms. The molecule has 152 valence electrons. The number of rotatable bonds is 3. The van der Waals surface area contributed by atoms with Gasteiger partial charge in [0.1, 0.15) is 0 Å². The normalized spacial score (nSPS) is 16.4. The fourth-order valence-corrected chi connectivity index (χ4v) is 3.58. The highest BCUT2D eigenvalue weighted by Crippen LogP contribution is 2.32. The zero-order chi connectivity index (χ0) is 21.3. The maximum atomic E-state index is 12.9. The van der Waals surface area contributed by atoms with E-state index in [4.69, 9.17) is 0 Å². The second kappa shape index (κ2) is 7.74. The van der Waals surface area contributed by atoms with E-state index >= 15 is 0 Å². The van der Waals surface area contributed by atoms with Crippen LogP contribution in [-0.4, -0.2) is 29.3 Å². The number of alkyl halides is 3. The molecule has 4 nitrogen and oxygen atoms in total. The summed E-state index contributed by atoms with van der Waals surface area (Å²) in [6.07, 6.45) is -0.629. The smallest absolute Gasteiger partial charge is 0.326 e. The summed E-state index contributed by atoms with van der Waals surface area (Å²) < 4.78 is 38.8. The highest BCUT2D eigenvalue weighted by atomic mass is 19.4. The lowest BCUT2D eigenvalue weighted by atomic mass is 9.93. The Hall–Kier alpha value is -3.48. The first-order valence-electron chi connectivity index (χ1n) is 9.39. The van der Waals surface area contributed by atoms with Gasteiger partial charge in [0.15, 0.2) is 6.04 Å². The molecular weight excluding hydrogens is 391 g/mol. The van der Waals surface area contributed by atoms with Crippen LogP contribution in [0, 0.1) is 6.92 Å². The van der Waals surface area contributed by atoms with Crippen LogP contribution in [-0.2, 0) is 0 Å². The predicted molar refractivity (Wildman–Crippen MR) is 110 cm³/mol. The molecule has 1 aromatic heterocycles. The Bertz CT molecular complexity index is 1180. The number of fused-ring (bicyclic) bond motifs is 1. The third-order valence-electron chi connectivity index (χ3n) is 5.12. The lowest BCUT2D eigenvalue weighted by molar-refractivity contribution is -0.146. The first-order chi connectivity index (χ1) is 14.3. The average molecular weight is 409 g/mol. The molecule has 0 bridgehead atoms. The van der Waals surface area contributed by atoms with Crippen LogP contribution in [0.3, 0.4) is 0 Å². The molecule has 1 atom stereocenters. The summed E-state index contributed by atoms with van der Waals surface area (Å²) in [4.78, 5) is 20.7. The van der Waals surface area contributed by atoms with Crippen LogP contribution in [0.1, 0.15) is 22.3 Å². The number of pyridine rings is 1. The molecule has 0 radical (unpaired) electrons. The van der Waals surface area contributed by atoms with Gasteiger partial charge in [-0.1, -0.05) is 30.3 Å². The minimum absolute atomic E-state index is 0.191. The van der Waals surface area contributed by atoms with Crippen molar-refractivity contribution in [1.82, 2.24) is 10.3 Å². The molecule has 2 aromatic carbocycles. The number of hydrogen-bond acceptors (Lipinski definition) is 3. The number of carbonyl (C=O) groups is 1. The predicted octanol–water partition coefficient (Wildman–Crippen LogP) is 5.23. The van der Waals surface area contributed by atoms with Gasteiger partial charge in [-0.25, -0.2) is 0 Å². The number of nitrogens with zero attached hydrogens (tertiary/aromatic N) is 2. The van der Waals surface area contributed by atoms with Crippen molar-refractivity contribution in [2.75, 3.05) is 0 Å². The highest BCUT2D eigenvalue weighted by Gasteiger charge is 2.40. The summed E-state index contributed by atoms with van der Waals surface area (Å²) in [5, 5.41) is 3.57. The Labute approximate surface area is 171 Å². The number of benzene rings is 2. The zero-order valence-corrected chi connectivity index (χ0v) is 16.1. The quantitative estimate of drug-likeness (QED) is 0.644. The first-order valence-corrected chi connectivity index (χ1v) is 9.39. The second-order valence-electron chi connectivity index (χ2n) is 7.06. The molecule has 1 aliphatic rings. The Morgan fingerprint density at radius 3 is 2.63 bits per heavy atom. The van der Waals surface area contributed by atoms with Crippen LogP contribution in [0.25, 0.3) is 22.0 Å². The molecule has 1 N–H and O–H groups in total. The van der Waals surface area contributed by atoms with Gasteiger partial charge in [-0.3, -0.25) is 14.8 Å². The molecule has 30 heavy (non-hydrogen) atoms. The Morgan fingerprint density at radius 1 is 1.07 bits per heavy atom. The van der Waals surface area contributed by atoms with Crippen LogP contribution in [0.2, 0.25) is 0 Å². The molecule has 1 unspecified atom stereocenters. The number of halogens is 3. The van der Waals surface area contributed by atoms with Crippen LogP contribution in [0.4, 0.5) is 13.2 Å². The molecule has 1 amide bonds. The topological polar surface area (TPSA) is 54.4 Å². The summed E-state index contributed by atoms with van der Waals surface area (Å²) in [6, 6.07) is 13.1. The van der Waals surface area contributed by atoms with Gasteiger partial charge < -0.3 is 5.32 Å². The summed E-state index contributed by atoms with van der Waals surface area (Å²) in [5.41, 5.74) is 3.98. The third kappa shape index (κ3) is 3.83. The van der Waals surface area contributed by atoms with Crippen LogP contribution in [0.5, 0.6) is 0 Å². The van der Waals surface area contributed by atoms with Gasteiger partial charge in [0.05, 0.1) is 5.52 Å². The van der Waals surface area contributed by atoms with Crippen LogP contribution >= 0.6 is 0 Å². The van der Waals surface area contributed by atoms with Crippen LogP contribution in [0.15, 0.2) is 71.5 Å². The van der Waals surface area contributed by atoms with Crippen molar-refractivity contribution in [2.45, 2.75) is 25.6 Å². The largest absolute Gasteiger partial charge is 0.411 e. The van der Waals surface area contributed by atoms with Crippen molar-refractivity contribution in [3.05, 3.63) is 77.6 Å². The number of aromatic nitrogens is 1. The molecule has 3 aromatic rings. The molecule has 0 saturated heterocycles. The first kappa shape index (κ1) is 19.8. The van der Waals surface area contributed by atoms with E-state index in [1.807, 2.05) is 43.3 Å². The Morgan fingerprint density at radius 2 is 1.83 bits per heavy atom. The standard InChI is InChI=1S/C23H18F3N3O/c1-14-16(18-7-3-9-20-19(18)8-4-11-27-20)5-2-6-17(14)22(30)29-15-10-12-28-21(13-15)23(24,25)26/h2-12,21H,13H2,1H3,(H,29,30). The monoisotopic (exact) mass is 409 g/mol. The number of dihydropyridines is 1. The van der Waals surface area contributed by atoms with E-state index in [0.29, 0.717) is 5.56 Å². The van der Waals surface area contributed by atoms with E-state index in [1.54, 1.807) is 18.3 Å². The molecule has 0 saturated carbocycles. The number of carbonyl (C=O) groups excluding carboxylic acids is 1. The van der Waals surface area contributed by atoms with Gasteiger partial charge in [-0.2, -0.15) is 13.2 Å². The summed E-state index contributed by atoms with van der Waals surface area (Å²) in [7, 11) is 0. The van der Waals surface area contributed by atoms with Crippen molar-refractivity contribution in [3.63, 3.8) is 0 Å². The molecule has 0 aliphatic carbocycles. The number of amides is 1. The molecule has 7 heteroatoms. The van der Waals surface area contributed by atoms with Crippen molar-refractivity contribution in [2.24, 2.45) is 4.99 Å². The average Bonchev–Trinajstić information content (AvgIpc) is 2.73. The number of hydrogen-bond donors (Lipinski definition) is 1. The fraction of sp³-hybridized carbons (Fsp3) is 0.174. The SMILES string of the molecule is Cc1c(C(=O)NC2=CC=NC(C(F)(F)F)C2)cccc1-c1cccc2ncccc12. The molecule has 0 fully saturated rings. The van der Waals surface area contributed by atoms with Gasteiger partial charge in [-0.15, -0.1) is 0 Å². The number of aliphatic imine (C=N–C) groups is 1. The number of allylic oxidation sites excluding steroid dienone is 1. The van der Waals surface area contributed by atoms with E-state index in [9.17, 15) is 18.0 Å². The minimum atomic E-state index is -4.45. The van der Waals surface area contributed by atoms with Gasteiger partial charge in [0.2, 0.25) is 0 Å². The van der Waals surface area contributed by atoms with Gasteiger partial charge in [-0.05, 0) is 47.9 Å². The Balaban J connectivity index is 1.64. The summed E-state index contributed by atoms with van der Waals surface area (Å²) >= 11 is 0. The molecule has 1 aliphatic heterocycles. The van der Waals surface area contributed by atoms with Crippen LogP contribution < -0.4 is 5.32 Å². The van der Waals surface area contributed by atoms with E-state index in [-0.39, 0.29) is 12.1 Å². The van der Waals surface area contributed by atoms with Crippen molar-refractivity contribution >= 4 is 23.0 Å². The van der Waals surface area contributed by atoms with Gasteiger partial charge in [0.25, 0.3) is 5.91 Å². The van der Waals surface area contributed by atoms with Gasteiger partial charge in [0, 0.05) is 35.5 Å². The highest BCUT2D eigenvalue weighted by molar-refractivity contribution is 6.01. The minimum Gasteiger partial charge on any atom is -0.326 e. The zero-order valence-electron chi connectivity index (χ0n) is 16.1. The van der Waals surface area contributed by atoms with E-state index < -0.39 is 18.1 Å². The lowest BCUT2D eigenvalue weighted by Crippen LogP contribution is -2.34.